The highest BCUT2D eigenvalue weighted by molar-refractivity contribution is 9.10. The molecule has 0 spiro atoms. The highest BCUT2D eigenvalue weighted by Gasteiger charge is 2.45. The SMILES string of the molecule is CNCCCC(=O)NCC1(c2ccccc2Br)CC1. The quantitative estimate of drug-likeness (QED) is 0.757. The smallest absolute Gasteiger partial charge is 0.220 e. The molecule has 1 saturated carbocycles. The second-order valence-electron chi connectivity index (χ2n) is 5.24. The molecule has 1 fully saturated rings. The fourth-order valence-electron chi connectivity index (χ4n) is 2.37. The zero-order valence-corrected chi connectivity index (χ0v) is 12.9. The van der Waals surface area contributed by atoms with E-state index in [1.807, 2.05) is 13.1 Å². The molecule has 0 unspecified atom stereocenters. The minimum Gasteiger partial charge on any atom is -0.355 e. The van der Waals surface area contributed by atoms with Crippen molar-refractivity contribution in [3.8, 4) is 0 Å². The Balaban J connectivity index is 1.86. The van der Waals surface area contributed by atoms with Gasteiger partial charge in [-0.25, -0.2) is 0 Å². The third-order valence-corrected chi connectivity index (χ3v) is 4.44. The largest absolute Gasteiger partial charge is 0.355 e. The van der Waals surface area contributed by atoms with E-state index in [1.165, 1.54) is 5.56 Å². The predicted molar refractivity (Wildman–Crippen MR) is 81.2 cm³/mol. The molecule has 0 radical (unpaired) electrons. The topological polar surface area (TPSA) is 41.1 Å². The molecule has 0 aromatic heterocycles. The van der Waals surface area contributed by atoms with Crippen molar-refractivity contribution in [2.45, 2.75) is 31.1 Å². The first kappa shape index (κ1) is 14.5. The van der Waals surface area contributed by atoms with E-state index in [4.69, 9.17) is 0 Å². The maximum atomic E-state index is 11.8. The molecule has 0 heterocycles. The van der Waals surface area contributed by atoms with Crippen molar-refractivity contribution in [2.24, 2.45) is 0 Å². The van der Waals surface area contributed by atoms with Crippen LogP contribution in [-0.4, -0.2) is 26.0 Å². The van der Waals surface area contributed by atoms with Crippen molar-refractivity contribution < 1.29 is 4.79 Å². The lowest BCUT2D eigenvalue weighted by Crippen LogP contribution is -2.32. The summed E-state index contributed by atoms with van der Waals surface area (Å²) in [6.45, 7) is 1.65. The summed E-state index contributed by atoms with van der Waals surface area (Å²) in [5, 5.41) is 6.14. The molecule has 1 aliphatic carbocycles. The van der Waals surface area contributed by atoms with Crippen molar-refractivity contribution >= 4 is 21.8 Å². The van der Waals surface area contributed by atoms with Crippen LogP contribution in [-0.2, 0) is 10.2 Å². The number of nitrogens with one attached hydrogen (secondary N) is 2. The van der Waals surface area contributed by atoms with Crippen LogP contribution >= 0.6 is 15.9 Å². The van der Waals surface area contributed by atoms with Gasteiger partial charge in [0, 0.05) is 22.9 Å². The lowest BCUT2D eigenvalue weighted by molar-refractivity contribution is -0.121. The zero-order valence-electron chi connectivity index (χ0n) is 11.3. The van der Waals surface area contributed by atoms with Gasteiger partial charge in [-0.3, -0.25) is 4.79 Å². The van der Waals surface area contributed by atoms with Crippen molar-refractivity contribution in [3.63, 3.8) is 0 Å². The van der Waals surface area contributed by atoms with E-state index in [2.05, 4.69) is 44.8 Å². The molecular formula is C15H21BrN2O. The van der Waals surface area contributed by atoms with Gasteiger partial charge in [0.15, 0.2) is 0 Å². The maximum absolute atomic E-state index is 11.8. The summed E-state index contributed by atoms with van der Waals surface area (Å²) in [6, 6.07) is 8.32. The Kier molecular flexibility index (Phi) is 4.99. The van der Waals surface area contributed by atoms with E-state index in [0.717, 1.165) is 36.8 Å². The van der Waals surface area contributed by atoms with E-state index < -0.39 is 0 Å². The standard InChI is InChI=1S/C15H21BrN2O/c1-17-10-4-7-14(19)18-11-15(8-9-15)12-5-2-3-6-13(12)16/h2-3,5-6,17H,4,7-11H2,1H3,(H,18,19). The number of halogens is 1. The fraction of sp³-hybridized carbons (Fsp3) is 0.533. The first-order chi connectivity index (χ1) is 9.18. The molecule has 0 atom stereocenters. The van der Waals surface area contributed by atoms with Crippen molar-refractivity contribution in [1.29, 1.82) is 0 Å². The lowest BCUT2D eigenvalue weighted by atomic mass is 9.96. The first-order valence-electron chi connectivity index (χ1n) is 6.84. The number of carbonyl (C=O) groups excluding carboxylic acids is 1. The van der Waals surface area contributed by atoms with Crippen molar-refractivity contribution in [2.75, 3.05) is 20.1 Å². The summed E-state index contributed by atoms with van der Waals surface area (Å²) in [6.07, 6.45) is 3.82. The number of hydrogen-bond donors (Lipinski definition) is 2. The van der Waals surface area contributed by atoms with Crippen LogP contribution in [0, 0.1) is 0 Å². The van der Waals surface area contributed by atoms with Gasteiger partial charge in [-0.2, -0.15) is 0 Å². The van der Waals surface area contributed by atoms with Crippen LogP contribution in [0.1, 0.15) is 31.2 Å². The van der Waals surface area contributed by atoms with Gasteiger partial charge >= 0.3 is 0 Å². The lowest BCUT2D eigenvalue weighted by Gasteiger charge is -2.18. The van der Waals surface area contributed by atoms with E-state index >= 15 is 0 Å². The molecule has 0 aliphatic heterocycles. The van der Waals surface area contributed by atoms with Crippen LogP contribution in [0.15, 0.2) is 28.7 Å². The Morgan fingerprint density at radius 2 is 2.11 bits per heavy atom. The average molecular weight is 325 g/mol. The van der Waals surface area contributed by atoms with Gasteiger partial charge in [0.1, 0.15) is 0 Å². The minimum atomic E-state index is 0.161. The number of carbonyl (C=O) groups is 1. The molecule has 2 rings (SSSR count). The van der Waals surface area contributed by atoms with Gasteiger partial charge in [0.2, 0.25) is 5.91 Å². The van der Waals surface area contributed by atoms with E-state index in [0.29, 0.717) is 6.42 Å². The maximum Gasteiger partial charge on any atom is 0.220 e. The number of amides is 1. The molecule has 1 aromatic carbocycles. The number of rotatable bonds is 7. The Labute approximate surface area is 123 Å². The van der Waals surface area contributed by atoms with E-state index in [-0.39, 0.29) is 11.3 Å². The Morgan fingerprint density at radius 3 is 2.74 bits per heavy atom. The van der Waals surface area contributed by atoms with Crippen LogP contribution in [0.25, 0.3) is 0 Å². The summed E-state index contributed by atoms with van der Waals surface area (Å²) in [7, 11) is 1.91. The Bertz CT molecular complexity index is 444. The van der Waals surface area contributed by atoms with E-state index in [9.17, 15) is 4.79 Å². The summed E-state index contributed by atoms with van der Waals surface area (Å²) >= 11 is 3.61. The van der Waals surface area contributed by atoms with E-state index in [1.54, 1.807) is 0 Å². The minimum absolute atomic E-state index is 0.161. The summed E-state index contributed by atoms with van der Waals surface area (Å²) in [4.78, 5) is 11.8. The normalized spacial score (nSPS) is 16.1. The van der Waals surface area contributed by atoms with Gasteiger partial charge in [0.05, 0.1) is 0 Å². The third kappa shape index (κ3) is 3.80. The van der Waals surface area contributed by atoms with Crippen molar-refractivity contribution in [1.82, 2.24) is 10.6 Å². The summed E-state index contributed by atoms with van der Waals surface area (Å²) < 4.78 is 1.15. The van der Waals surface area contributed by atoms with Gasteiger partial charge in [-0.1, -0.05) is 34.1 Å². The van der Waals surface area contributed by atoms with Gasteiger partial charge in [-0.05, 0) is 44.5 Å². The molecule has 1 aromatic rings. The van der Waals surface area contributed by atoms with Crippen LogP contribution in [0.5, 0.6) is 0 Å². The second kappa shape index (κ2) is 6.53. The summed E-state index contributed by atoms with van der Waals surface area (Å²) in [5.41, 5.74) is 1.49. The second-order valence-corrected chi connectivity index (χ2v) is 6.10. The third-order valence-electron chi connectivity index (χ3n) is 3.75. The Morgan fingerprint density at radius 1 is 1.37 bits per heavy atom. The van der Waals surface area contributed by atoms with Crippen LogP contribution in [0.2, 0.25) is 0 Å². The van der Waals surface area contributed by atoms with Crippen LogP contribution < -0.4 is 10.6 Å². The zero-order chi connectivity index (χ0) is 13.7. The molecule has 19 heavy (non-hydrogen) atoms. The molecule has 1 amide bonds. The van der Waals surface area contributed by atoms with Gasteiger partial charge in [0.25, 0.3) is 0 Å². The molecule has 4 heteroatoms. The highest BCUT2D eigenvalue weighted by atomic mass is 79.9. The molecule has 2 N–H and O–H groups in total. The van der Waals surface area contributed by atoms with Gasteiger partial charge < -0.3 is 10.6 Å². The van der Waals surface area contributed by atoms with Crippen LogP contribution in [0.4, 0.5) is 0 Å². The molecule has 0 saturated heterocycles. The molecular weight excluding hydrogens is 304 g/mol. The highest BCUT2D eigenvalue weighted by Crippen LogP contribution is 2.49. The molecule has 3 nitrogen and oxygen atoms in total. The molecule has 1 aliphatic rings. The first-order valence-corrected chi connectivity index (χ1v) is 7.63. The average Bonchev–Trinajstić information content (AvgIpc) is 3.18. The van der Waals surface area contributed by atoms with Crippen LogP contribution in [0.3, 0.4) is 0 Å². The molecule has 0 bridgehead atoms. The summed E-state index contributed by atoms with van der Waals surface area (Å²) in [5.74, 6) is 0.161. The fourth-order valence-corrected chi connectivity index (χ4v) is 3.07. The number of hydrogen-bond acceptors (Lipinski definition) is 2. The number of benzene rings is 1. The van der Waals surface area contributed by atoms with Crippen molar-refractivity contribution in [3.05, 3.63) is 34.3 Å². The monoisotopic (exact) mass is 324 g/mol. The van der Waals surface area contributed by atoms with Gasteiger partial charge in [-0.15, -0.1) is 0 Å². The predicted octanol–water partition coefficient (Wildman–Crippen LogP) is 2.60. The molecule has 104 valence electrons. The Hall–Kier alpha value is -0.870.